The highest BCUT2D eigenvalue weighted by atomic mass is 16.5. The van der Waals surface area contributed by atoms with Crippen molar-refractivity contribution in [1.29, 1.82) is 0 Å². The summed E-state index contributed by atoms with van der Waals surface area (Å²) in [5.74, 6) is 1.60. The summed E-state index contributed by atoms with van der Waals surface area (Å²) >= 11 is 0. The van der Waals surface area contributed by atoms with Gasteiger partial charge in [-0.05, 0) is 32.7 Å². The molecule has 0 aromatic carbocycles. The van der Waals surface area contributed by atoms with E-state index in [9.17, 15) is 0 Å². The van der Waals surface area contributed by atoms with Crippen LogP contribution in [0.1, 0.15) is 45.6 Å². The maximum Gasteiger partial charge on any atom is 0.137 e. The fraction of sp³-hybridized carbons (Fsp3) is 0.786. The summed E-state index contributed by atoms with van der Waals surface area (Å²) < 4.78 is 5.34. The Morgan fingerprint density at radius 1 is 1.56 bits per heavy atom. The molecule has 2 N–H and O–H groups in total. The van der Waals surface area contributed by atoms with Gasteiger partial charge in [0, 0.05) is 30.6 Å². The average molecular weight is 251 g/mol. The van der Waals surface area contributed by atoms with Gasteiger partial charge in [-0.3, -0.25) is 0 Å². The van der Waals surface area contributed by atoms with E-state index in [0.717, 1.165) is 31.0 Å². The van der Waals surface area contributed by atoms with Crippen LogP contribution in [0.2, 0.25) is 0 Å². The molecule has 1 unspecified atom stereocenters. The van der Waals surface area contributed by atoms with E-state index in [4.69, 9.17) is 4.52 Å². The molecule has 0 bridgehead atoms. The first kappa shape index (κ1) is 13.6. The van der Waals surface area contributed by atoms with Crippen molar-refractivity contribution in [2.24, 2.45) is 5.92 Å². The molecule has 1 aromatic rings. The molecule has 0 radical (unpaired) electrons. The van der Waals surface area contributed by atoms with Gasteiger partial charge in [0.2, 0.25) is 0 Å². The molecule has 4 nitrogen and oxygen atoms in total. The first-order chi connectivity index (χ1) is 8.47. The van der Waals surface area contributed by atoms with E-state index >= 15 is 0 Å². The minimum atomic E-state index is 0.171. The summed E-state index contributed by atoms with van der Waals surface area (Å²) in [5.41, 5.74) is 1.18. The second-order valence-corrected chi connectivity index (χ2v) is 6.25. The molecular formula is C14H25N3O. The smallest absolute Gasteiger partial charge is 0.137 e. The Morgan fingerprint density at radius 2 is 2.33 bits per heavy atom. The lowest BCUT2D eigenvalue weighted by Crippen LogP contribution is -2.48. The molecular weight excluding hydrogens is 226 g/mol. The molecule has 0 spiro atoms. The van der Waals surface area contributed by atoms with Crippen molar-refractivity contribution < 1.29 is 4.52 Å². The number of nitrogens with one attached hydrogen (secondary N) is 2. The van der Waals surface area contributed by atoms with Crippen molar-refractivity contribution in [2.45, 2.75) is 58.7 Å². The van der Waals surface area contributed by atoms with Crippen molar-refractivity contribution in [3.05, 3.63) is 17.5 Å². The van der Waals surface area contributed by atoms with Crippen LogP contribution in [0.5, 0.6) is 0 Å². The molecule has 1 fully saturated rings. The minimum Gasteiger partial charge on any atom is -0.361 e. The maximum atomic E-state index is 5.34. The fourth-order valence-corrected chi connectivity index (χ4v) is 2.55. The van der Waals surface area contributed by atoms with Crippen LogP contribution in [0, 0.1) is 5.92 Å². The summed E-state index contributed by atoms with van der Waals surface area (Å²) in [7, 11) is 0. The molecule has 1 aliphatic heterocycles. The molecule has 1 saturated heterocycles. The van der Waals surface area contributed by atoms with E-state index in [1.165, 1.54) is 6.42 Å². The van der Waals surface area contributed by atoms with Gasteiger partial charge >= 0.3 is 0 Å². The monoisotopic (exact) mass is 251 g/mol. The van der Waals surface area contributed by atoms with Crippen LogP contribution in [0.3, 0.4) is 0 Å². The van der Waals surface area contributed by atoms with E-state index in [1.54, 1.807) is 0 Å². The normalized spacial score (nSPS) is 22.8. The Balaban J connectivity index is 1.85. The first-order valence-corrected chi connectivity index (χ1v) is 6.90. The Labute approximate surface area is 110 Å². The van der Waals surface area contributed by atoms with Crippen LogP contribution in [-0.2, 0) is 13.0 Å². The van der Waals surface area contributed by atoms with Crippen molar-refractivity contribution in [3.8, 4) is 0 Å². The van der Waals surface area contributed by atoms with E-state index in [-0.39, 0.29) is 5.54 Å². The van der Waals surface area contributed by atoms with Gasteiger partial charge in [0.05, 0.1) is 5.69 Å². The number of hydrogen-bond acceptors (Lipinski definition) is 4. The van der Waals surface area contributed by atoms with Crippen LogP contribution in [-0.4, -0.2) is 23.3 Å². The van der Waals surface area contributed by atoms with Crippen LogP contribution < -0.4 is 10.6 Å². The lowest BCUT2D eigenvalue weighted by Gasteiger charge is -2.27. The summed E-state index contributed by atoms with van der Waals surface area (Å²) in [5, 5.41) is 11.2. The van der Waals surface area contributed by atoms with Crippen LogP contribution in [0.4, 0.5) is 0 Å². The lowest BCUT2D eigenvalue weighted by molar-refractivity contribution is 0.337. The molecule has 18 heavy (non-hydrogen) atoms. The molecule has 1 aliphatic rings. The summed E-state index contributed by atoms with van der Waals surface area (Å²) in [4.78, 5) is 0. The van der Waals surface area contributed by atoms with E-state index < -0.39 is 0 Å². The van der Waals surface area contributed by atoms with Gasteiger partial charge < -0.3 is 15.2 Å². The van der Waals surface area contributed by atoms with Crippen LogP contribution >= 0.6 is 0 Å². The van der Waals surface area contributed by atoms with Crippen LogP contribution in [0.15, 0.2) is 10.6 Å². The fourth-order valence-electron chi connectivity index (χ4n) is 2.55. The molecule has 2 heterocycles. The Morgan fingerprint density at radius 3 is 2.94 bits per heavy atom. The van der Waals surface area contributed by atoms with Gasteiger partial charge in [0.15, 0.2) is 0 Å². The second-order valence-electron chi connectivity index (χ2n) is 6.25. The minimum absolute atomic E-state index is 0.171. The zero-order valence-corrected chi connectivity index (χ0v) is 11.9. The van der Waals surface area contributed by atoms with Gasteiger partial charge in [-0.25, -0.2) is 0 Å². The molecule has 0 amide bonds. The highest BCUT2D eigenvalue weighted by Gasteiger charge is 2.33. The Hall–Kier alpha value is -0.870. The number of hydrogen-bond donors (Lipinski definition) is 2. The zero-order chi connectivity index (χ0) is 13.2. The SMILES string of the molecule is CC(C)Cc1cc(CNC2CCNC2(C)C)no1. The molecule has 0 saturated carbocycles. The molecule has 1 atom stereocenters. The van der Waals surface area contributed by atoms with Crippen molar-refractivity contribution in [3.63, 3.8) is 0 Å². The topological polar surface area (TPSA) is 50.1 Å². The second kappa shape index (κ2) is 5.41. The average Bonchev–Trinajstić information content (AvgIpc) is 2.81. The summed E-state index contributed by atoms with van der Waals surface area (Å²) in [6.07, 6.45) is 2.13. The van der Waals surface area contributed by atoms with E-state index in [0.29, 0.717) is 12.0 Å². The lowest BCUT2D eigenvalue weighted by atomic mass is 9.97. The van der Waals surface area contributed by atoms with Gasteiger partial charge in [-0.2, -0.15) is 0 Å². The van der Waals surface area contributed by atoms with Gasteiger partial charge in [-0.1, -0.05) is 19.0 Å². The molecule has 4 heteroatoms. The predicted octanol–water partition coefficient (Wildman–Crippen LogP) is 2.10. The van der Waals surface area contributed by atoms with Crippen molar-refractivity contribution in [1.82, 2.24) is 15.8 Å². The molecule has 2 rings (SSSR count). The summed E-state index contributed by atoms with van der Waals surface area (Å²) in [6.45, 7) is 10.7. The van der Waals surface area contributed by atoms with E-state index in [1.807, 2.05) is 0 Å². The van der Waals surface area contributed by atoms with Gasteiger partial charge in [0.1, 0.15) is 5.76 Å². The number of aromatic nitrogens is 1. The van der Waals surface area contributed by atoms with Gasteiger partial charge in [-0.15, -0.1) is 0 Å². The first-order valence-electron chi connectivity index (χ1n) is 6.90. The van der Waals surface area contributed by atoms with Gasteiger partial charge in [0.25, 0.3) is 0 Å². The highest BCUT2D eigenvalue weighted by molar-refractivity contribution is 5.07. The van der Waals surface area contributed by atoms with Crippen LogP contribution in [0.25, 0.3) is 0 Å². The number of nitrogens with zero attached hydrogens (tertiary/aromatic N) is 1. The van der Waals surface area contributed by atoms with Crippen molar-refractivity contribution in [2.75, 3.05) is 6.54 Å². The third-order valence-corrected chi connectivity index (χ3v) is 3.63. The molecule has 102 valence electrons. The summed E-state index contributed by atoms with van der Waals surface area (Å²) in [6, 6.07) is 2.57. The quantitative estimate of drug-likeness (QED) is 0.841. The predicted molar refractivity (Wildman–Crippen MR) is 72.4 cm³/mol. The van der Waals surface area contributed by atoms with E-state index in [2.05, 4.69) is 49.6 Å². The third-order valence-electron chi connectivity index (χ3n) is 3.63. The standard InChI is InChI=1S/C14H25N3O/c1-10(2)7-12-8-11(17-18-12)9-15-13-5-6-16-14(13,3)4/h8,10,13,15-16H,5-7,9H2,1-4H3. The maximum absolute atomic E-state index is 5.34. The Bertz CT molecular complexity index is 384. The number of rotatable bonds is 5. The largest absolute Gasteiger partial charge is 0.361 e. The Kier molecular flexibility index (Phi) is 4.07. The molecule has 1 aromatic heterocycles. The highest BCUT2D eigenvalue weighted by Crippen LogP contribution is 2.19. The third kappa shape index (κ3) is 3.33. The van der Waals surface area contributed by atoms with Crippen molar-refractivity contribution >= 4 is 0 Å². The zero-order valence-electron chi connectivity index (χ0n) is 11.9. The molecule has 0 aliphatic carbocycles.